The van der Waals surface area contributed by atoms with E-state index < -0.39 is 0 Å². The summed E-state index contributed by atoms with van der Waals surface area (Å²) in [6.45, 7) is 2.68. The summed E-state index contributed by atoms with van der Waals surface area (Å²) in [5.41, 5.74) is 0. The van der Waals surface area contributed by atoms with Crippen LogP contribution in [0.4, 0.5) is 0 Å². The van der Waals surface area contributed by atoms with E-state index in [0.717, 1.165) is 12.2 Å². The third-order valence-corrected chi connectivity index (χ3v) is 2.58. The van der Waals surface area contributed by atoms with Crippen molar-refractivity contribution in [3.05, 3.63) is 18.2 Å². The van der Waals surface area contributed by atoms with Crippen LogP contribution in [0.2, 0.25) is 0 Å². The van der Waals surface area contributed by atoms with E-state index in [1.165, 1.54) is 0 Å². The molecule has 0 aliphatic rings. The predicted octanol–water partition coefficient (Wildman–Crippen LogP) is 1.59. The zero-order valence-corrected chi connectivity index (χ0v) is 10.3. The molecule has 0 amide bonds. The number of ether oxygens (including phenoxy) is 1. The van der Waals surface area contributed by atoms with Crippen LogP contribution < -0.4 is 0 Å². The largest absolute Gasteiger partial charge is 0.384 e. The van der Waals surface area contributed by atoms with Crippen LogP contribution >= 0.6 is 0 Å². The molecule has 1 rings (SSSR count). The molecule has 0 bridgehead atoms. The first-order chi connectivity index (χ1) is 7.63. The van der Waals surface area contributed by atoms with Gasteiger partial charge in [0.15, 0.2) is 0 Å². The highest BCUT2D eigenvalue weighted by molar-refractivity contribution is 5.78. The van der Waals surface area contributed by atoms with Crippen molar-refractivity contribution in [2.75, 3.05) is 13.7 Å². The summed E-state index contributed by atoms with van der Waals surface area (Å²) >= 11 is 0. The number of nitrogens with zero attached hydrogens (tertiary/aromatic N) is 2. The van der Waals surface area contributed by atoms with Crippen molar-refractivity contribution in [2.45, 2.75) is 26.2 Å². The third kappa shape index (κ3) is 4.14. The fraction of sp³-hybridized carbons (Fsp3) is 0.667. The van der Waals surface area contributed by atoms with Gasteiger partial charge in [-0.2, -0.15) is 0 Å². The Morgan fingerprint density at radius 1 is 1.62 bits per heavy atom. The molecule has 0 fully saturated rings. The average molecular weight is 224 g/mol. The Morgan fingerprint density at radius 3 is 2.94 bits per heavy atom. The fourth-order valence-corrected chi connectivity index (χ4v) is 1.72. The van der Waals surface area contributed by atoms with E-state index in [-0.39, 0.29) is 5.78 Å². The van der Waals surface area contributed by atoms with Crippen LogP contribution in [0.25, 0.3) is 0 Å². The van der Waals surface area contributed by atoms with Gasteiger partial charge in [-0.25, -0.2) is 4.98 Å². The lowest BCUT2D eigenvalue weighted by molar-refractivity contribution is -0.120. The maximum atomic E-state index is 11.6. The highest BCUT2D eigenvalue weighted by atomic mass is 16.5. The lowest BCUT2D eigenvalue weighted by atomic mass is 10.0. The van der Waals surface area contributed by atoms with E-state index in [9.17, 15) is 4.79 Å². The van der Waals surface area contributed by atoms with Crippen LogP contribution in [0.1, 0.15) is 25.6 Å². The highest BCUT2D eigenvalue weighted by Gasteiger charge is 2.10. The Kier molecular flexibility index (Phi) is 5.19. The summed E-state index contributed by atoms with van der Waals surface area (Å²) in [6.07, 6.45) is 5.54. The molecule has 0 N–H and O–H groups in total. The van der Waals surface area contributed by atoms with Crippen molar-refractivity contribution < 1.29 is 9.53 Å². The summed E-state index contributed by atoms with van der Waals surface area (Å²) in [4.78, 5) is 15.8. The van der Waals surface area contributed by atoms with Crippen molar-refractivity contribution in [1.29, 1.82) is 0 Å². The number of carbonyl (C=O) groups excluding carboxylic acids is 1. The van der Waals surface area contributed by atoms with Crippen LogP contribution in [-0.4, -0.2) is 29.1 Å². The molecule has 4 heteroatoms. The van der Waals surface area contributed by atoms with Crippen molar-refractivity contribution >= 4 is 5.78 Å². The minimum absolute atomic E-state index is 0.285. The number of methoxy groups -OCH3 is 1. The summed E-state index contributed by atoms with van der Waals surface area (Å²) in [7, 11) is 3.61. The van der Waals surface area contributed by atoms with Crippen molar-refractivity contribution in [2.24, 2.45) is 13.0 Å². The number of rotatable bonds is 7. The fourth-order valence-electron chi connectivity index (χ4n) is 1.72. The van der Waals surface area contributed by atoms with Gasteiger partial charge in [0.2, 0.25) is 0 Å². The molecule has 0 saturated heterocycles. The Hall–Kier alpha value is -1.16. The molecule has 4 nitrogen and oxygen atoms in total. The second-order valence-electron chi connectivity index (χ2n) is 4.26. The molecule has 90 valence electrons. The smallest absolute Gasteiger partial charge is 0.133 e. The molecular formula is C12H20N2O2. The Bertz CT molecular complexity index is 334. The van der Waals surface area contributed by atoms with Gasteiger partial charge in [-0.3, -0.25) is 4.79 Å². The van der Waals surface area contributed by atoms with E-state index in [4.69, 9.17) is 4.74 Å². The average Bonchev–Trinajstić information content (AvgIpc) is 2.61. The zero-order chi connectivity index (χ0) is 12.0. The number of aryl methyl sites for hydroxylation is 2. The number of Topliss-reactive ketones (excluding diaryl/α,β-unsaturated/α-hetero) is 1. The molecule has 0 aliphatic heterocycles. The van der Waals surface area contributed by atoms with Crippen LogP contribution in [0, 0.1) is 5.92 Å². The molecule has 1 heterocycles. The first kappa shape index (κ1) is 12.9. The Labute approximate surface area is 96.6 Å². The molecule has 0 radical (unpaired) electrons. The van der Waals surface area contributed by atoms with Crippen molar-refractivity contribution in [3.8, 4) is 0 Å². The molecule has 1 aromatic heterocycles. The van der Waals surface area contributed by atoms with Crippen molar-refractivity contribution in [1.82, 2.24) is 9.55 Å². The van der Waals surface area contributed by atoms with Crippen LogP contribution in [0.15, 0.2) is 12.4 Å². The normalized spacial score (nSPS) is 12.7. The van der Waals surface area contributed by atoms with Gasteiger partial charge < -0.3 is 9.30 Å². The number of ketones is 1. The minimum Gasteiger partial charge on any atom is -0.384 e. The quantitative estimate of drug-likeness (QED) is 0.706. The number of imidazole rings is 1. The molecule has 0 spiro atoms. The summed E-state index contributed by atoms with van der Waals surface area (Å²) < 4.78 is 6.96. The van der Waals surface area contributed by atoms with E-state index in [0.29, 0.717) is 25.4 Å². The standard InChI is InChI=1S/C12H20N2O2/c1-10(9-16-3)8-11(15)4-5-12-13-6-7-14(12)2/h6-7,10H,4-5,8-9H2,1-3H3. The topological polar surface area (TPSA) is 44.1 Å². The maximum absolute atomic E-state index is 11.6. The second-order valence-corrected chi connectivity index (χ2v) is 4.26. The lowest BCUT2D eigenvalue weighted by Gasteiger charge is -2.08. The molecular weight excluding hydrogens is 204 g/mol. The van der Waals surface area contributed by atoms with Gasteiger partial charge >= 0.3 is 0 Å². The maximum Gasteiger partial charge on any atom is 0.133 e. The first-order valence-corrected chi connectivity index (χ1v) is 5.60. The van der Waals surface area contributed by atoms with Gasteiger partial charge in [-0.1, -0.05) is 6.92 Å². The molecule has 0 aromatic carbocycles. The lowest BCUT2D eigenvalue weighted by Crippen LogP contribution is -2.11. The molecule has 1 atom stereocenters. The van der Waals surface area contributed by atoms with Gasteiger partial charge in [-0.05, 0) is 5.92 Å². The summed E-state index contributed by atoms with van der Waals surface area (Å²) in [5.74, 6) is 1.55. The Morgan fingerprint density at radius 2 is 2.38 bits per heavy atom. The third-order valence-electron chi connectivity index (χ3n) is 2.58. The molecule has 1 aromatic rings. The molecule has 0 saturated carbocycles. The molecule has 1 unspecified atom stereocenters. The van der Waals surface area contributed by atoms with Crippen molar-refractivity contribution in [3.63, 3.8) is 0 Å². The Balaban J connectivity index is 2.28. The SMILES string of the molecule is COCC(C)CC(=O)CCc1nccn1C. The monoisotopic (exact) mass is 224 g/mol. The summed E-state index contributed by atoms with van der Waals surface area (Å²) in [5, 5.41) is 0. The van der Waals surface area contributed by atoms with Crippen LogP contribution in [-0.2, 0) is 23.0 Å². The van der Waals surface area contributed by atoms with Gasteiger partial charge in [0, 0.05) is 52.4 Å². The first-order valence-electron chi connectivity index (χ1n) is 5.60. The predicted molar refractivity (Wildman–Crippen MR) is 62.2 cm³/mol. The molecule has 0 aliphatic carbocycles. The van der Waals surface area contributed by atoms with E-state index in [1.807, 2.05) is 24.7 Å². The van der Waals surface area contributed by atoms with Gasteiger partial charge in [0.1, 0.15) is 11.6 Å². The zero-order valence-electron chi connectivity index (χ0n) is 10.3. The van der Waals surface area contributed by atoms with Gasteiger partial charge in [-0.15, -0.1) is 0 Å². The number of hydrogen-bond donors (Lipinski definition) is 0. The van der Waals surface area contributed by atoms with Crippen LogP contribution in [0.3, 0.4) is 0 Å². The second kappa shape index (κ2) is 6.43. The minimum atomic E-state index is 0.285. The number of aromatic nitrogens is 2. The summed E-state index contributed by atoms with van der Waals surface area (Å²) in [6, 6.07) is 0. The van der Waals surface area contributed by atoms with Crippen LogP contribution in [0.5, 0.6) is 0 Å². The van der Waals surface area contributed by atoms with E-state index in [1.54, 1.807) is 13.3 Å². The van der Waals surface area contributed by atoms with Gasteiger partial charge in [0.05, 0.1) is 0 Å². The van der Waals surface area contributed by atoms with E-state index >= 15 is 0 Å². The van der Waals surface area contributed by atoms with E-state index in [2.05, 4.69) is 4.98 Å². The number of hydrogen-bond acceptors (Lipinski definition) is 3. The number of carbonyl (C=O) groups is 1. The van der Waals surface area contributed by atoms with Gasteiger partial charge in [0.25, 0.3) is 0 Å². The molecule has 16 heavy (non-hydrogen) atoms. The highest BCUT2D eigenvalue weighted by Crippen LogP contribution is 2.07.